The molecular formula is C11H18F2N2O. The Morgan fingerprint density at radius 1 is 1.56 bits per heavy atom. The van der Waals surface area contributed by atoms with Crippen LogP contribution in [0.2, 0.25) is 0 Å². The highest BCUT2D eigenvalue weighted by Crippen LogP contribution is 2.24. The molecule has 1 aliphatic carbocycles. The summed E-state index contributed by atoms with van der Waals surface area (Å²) in [7, 11) is 0. The van der Waals surface area contributed by atoms with Crippen LogP contribution in [0.15, 0.2) is 0 Å². The van der Waals surface area contributed by atoms with E-state index in [0.29, 0.717) is 18.9 Å². The molecule has 0 heterocycles. The molecule has 1 rings (SSSR count). The number of nitrogens with zero attached hydrogens (tertiary/aromatic N) is 1. The quantitative estimate of drug-likeness (QED) is 0.652. The molecule has 5 heteroatoms. The average Bonchev–Trinajstić information content (AvgIpc) is 3.01. The zero-order valence-corrected chi connectivity index (χ0v) is 9.51. The maximum Gasteiger partial charge on any atom is 0.261 e. The number of alkyl halides is 2. The number of nitrogens with one attached hydrogen (secondary N) is 1. The lowest BCUT2D eigenvalue weighted by molar-refractivity contribution is 0.0153. The van der Waals surface area contributed by atoms with Crippen molar-refractivity contribution < 1.29 is 13.5 Å². The molecule has 1 aliphatic rings. The molecule has 3 nitrogen and oxygen atoms in total. The summed E-state index contributed by atoms with van der Waals surface area (Å²) in [5.41, 5.74) is -0.546. The second-order valence-corrected chi connectivity index (χ2v) is 4.43. The van der Waals surface area contributed by atoms with Gasteiger partial charge in [-0.3, -0.25) is 5.32 Å². The number of hydrogen-bond donors (Lipinski definition) is 1. The van der Waals surface area contributed by atoms with Crippen LogP contribution in [0, 0.1) is 11.3 Å². The molecule has 16 heavy (non-hydrogen) atoms. The standard InChI is InChI=1S/C11H18F2N2O/c1-11(8-14,15-9-3-4-9)5-2-6-16-7-10(12)13/h9-10,15H,2-7H2,1H3. The summed E-state index contributed by atoms with van der Waals surface area (Å²) in [6.45, 7) is 1.62. The minimum absolute atomic E-state index is 0.286. The van der Waals surface area contributed by atoms with Gasteiger partial charge in [0.15, 0.2) is 0 Å². The van der Waals surface area contributed by atoms with Gasteiger partial charge in [-0.25, -0.2) is 8.78 Å². The summed E-state index contributed by atoms with van der Waals surface area (Å²) in [5.74, 6) is 0. The molecule has 1 unspecified atom stereocenters. The molecule has 0 aromatic carbocycles. The fraction of sp³-hybridized carbons (Fsp3) is 0.909. The van der Waals surface area contributed by atoms with Crippen molar-refractivity contribution >= 4 is 0 Å². The van der Waals surface area contributed by atoms with Gasteiger partial charge in [-0.15, -0.1) is 0 Å². The van der Waals surface area contributed by atoms with E-state index in [9.17, 15) is 8.78 Å². The van der Waals surface area contributed by atoms with Gasteiger partial charge in [-0.1, -0.05) is 0 Å². The highest BCUT2D eigenvalue weighted by atomic mass is 19.3. The first kappa shape index (κ1) is 13.3. The molecule has 1 atom stereocenters. The molecule has 0 aromatic heterocycles. The van der Waals surface area contributed by atoms with Gasteiger partial charge >= 0.3 is 0 Å². The third-order valence-electron chi connectivity index (χ3n) is 2.56. The van der Waals surface area contributed by atoms with E-state index in [1.54, 1.807) is 0 Å². The summed E-state index contributed by atoms with van der Waals surface area (Å²) in [6, 6.07) is 2.70. The molecule has 0 bridgehead atoms. The zero-order chi connectivity index (χ0) is 12.0. The number of nitriles is 1. The Balaban J connectivity index is 2.10. The molecule has 1 fully saturated rings. The summed E-state index contributed by atoms with van der Waals surface area (Å²) >= 11 is 0. The zero-order valence-electron chi connectivity index (χ0n) is 9.51. The van der Waals surface area contributed by atoms with Crippen LogP contribution in [0.1, 0.15) is 32.6 Å². The van der Waals surface area contributed by atoms with E-state index in [4.69, 9.17) is 10.00 Å². The topological polar surface area (TPSA) is 45.0 Å². The Morgan fingerprint density at radius 3 is 2.75 bits per heavy atom. The van der Waals surface area contributed by atoms with Crippen molar-refractivity contribution in [1.29, 1.82) is 5.26 Å². The predicted molar refractivity (Wildman–Crippen MR) is 56.2 cm³/mol. The maximum atomic E-state index is 11.8. The van der Waals surface area contributed by atoms with Gasteiger partial charge < -0.3 is 4.74 Å². The molecule has 1 N–H and O–H groups in total. The van der Waals surface area contributed by atoms with Crippen LogP contribution in [0.4, 0.5) is 8.78 Å². The molecule has 0 aromatic rings. The van der Waals surface area contributed by atoms with Crippen molar-refractivity contribution in [2.45, 2.75) is 50.6 Å². The first-order valence-electron chi connectivity index (χ1n) is 5.60. The van der Waals surface area contributed by atoms with E-state index >= 15 is 0 Å². The van der Waals surface area contributed by atoms with Crippen LogP contribution < -0.4 is 5.32 Å². The Hall–Kier alpha value is -0.730. The van der Waals surface area contributed by atoms with Crippen LogP contribution in [-0.4, -0.2) is 31.2 Å². The van der Waals surface area contributed by atoms with Crippen molar-refractivity contribution in [3.8, 4) is 6.07 Å². The van der Waals surface area contributed by atoms with Gasteiger partial charge in [0.2, 0.25) is 0 Å². The van der Waals surface area contributed by atoms with Crippen molar-refractivity contribution in [3.05, 3.63) is 0 Å². The van der Waals surface area contributed by atoms with Crippen molar-refractivity contribution in [2.75, 3.05) is 13.2 Å². The van der Waals surface area contributed by atoms with E-state index in [1.807, 2.05) is 6.92 Å². The van der Waals surface area contributed by atoms with Gasteiger partial charge in [-0.2, -0.15) is 5.26 Å². The third kappa shape index (κ3) is 5.38. The van der Waals surface area contributed by atoms with E-state index in [0.717, 1.165) is 12.8 Å². The largest absolute Gasteiger partial charge is 0.376 e. The smallest absolute Gasteiger partial charge is 0.261 e. The Labute approximate surface area is 94.8 Å². The fourth-order valence-corrected chi connectivity index (χ4v) is 1.54. The van der Waals surface area contributed by atoms with E-state index in [-0.39, 0.29) is 6.61 Å². The number of rotatable bonds is 8. The molecule has 0 amide bonds. The molecule has 0 saturated heterocycles. The van der Waals surface area contributed by atoms with Crippen LogP contribution in [0.3, 0.4) is 0 Å². The van der Waals surface area contributed by atoms with E-state index in [1.165, 1.54) is 0 Å². The van der Waals surface area contributed by atoms with E-state index < -0.39 is 18.6 Å². The normalized spacial score (nSPS) is 19.4. The molecule has 0 radical (unpaired) electrons. The Morgan fingerprint density at radius 2 is 2.25 bits per heavy atom. The van der Waals surface area contributed by atoms with Crippen LogP contribution in [0.25, 0.3) is 0 Å². The number of hydrogen-bond acceptors (Lipinski definition) is 3. The SMILES string of the molecule is CC(C#N)(CCCOCC(F)F)NC1CC1. The number of halogens is 2. The lowest BCUT2D eigenvalue weighted by Gasteiger charge is -2.23. The second kappa shape index (κ2) is 6.12. The molecule has 1 saturated carbocycles. The lowest BCUT2D eigenvalue weighted by atomic mass is 9.98. The van der Waals surface area contributed by atoms with Crippen LogP contribution in [-0.2, 0) is 4.74 Å². The maximum absolute atomic E-state index is 11.8. The summed E-state index contributed by atoms with van der Waals surface area (Å²) < 4.78 is 28.3. The number of ether oxygens (including phenoxy) is 1. The first-order valence-corrected chi connectivity index (χ1v) is 5.60. The van der Waals surface area contributed by atoms with Gasteiger partial charge in [-0.05, 0) is 32.6 Å². The van der Waals surface area contributed by atoms with Gasteiger partial charge in [0.1, 0.15) is 12.1 Å². The highest BCUT2D eigenvalue weighted by Gasteiger charge is 2.31. The van der Waals surface area contributed by atoms with Crippen molar-refractivity contribution in [2.24, 2.45) is 0 Å². The minimum Gasteiger partial charge on any atom is -0.376 e. The average molecular weight is 232 g/mol. The highest BCUT2D eigenvalue weighted by molar-refractivity contribution is 5.06. The van der Waals surface area contributed by atoms with Crippen molar-refractivity contribution in [3.63, 3.8) is 0 Å². The Kier molecular flexibility index (Phi) is 5.10. The first-order chi connectivity index (χ1) is 7.56. The third-order valence-corrected chi connectivity index (χ3v) is 2.56. The summed E-state index contributed by atoms with van der Waals surface area (Å²) in [5, 5.41) is 12.3. The summed E-state index contributed by atoms with van der Waals surface area (Å²) in [4.78, 5) is 0. The van der Waals surface area contributed by atoms with Gasteiger partial charge in [0.25, 0.3) is 6.43 Å². The minimum atomic E-state index is -2.41. The summed E-state index contributed by atoms with van der Waals surface area (Å²) in [6.07, 6.45) is 1.09. The second-order valence-electron chi connectivity index (χ2n) is 4.43. The molecule has 0 aliphatic heterocycles. The molecule has 92 valence electrons. The van der Waals surface area contributed by atoms with Gasteiger partial charge in [0, 0.05) is 12.6 Å². The van der Waals surface area contributed by atoms with Gasteiger partial charge in [0.05, 0.1) is 6.07 Å². The predicted octanol–water partition coefficient (Wildman–Crippen LogP) is 2.08. The molecule has 0 spiro atoms. The fourth-order valence-electron chi connectivity index (χ4n) is 1.54. The monoisotopic (exact) mass is 232 g/mol. The van der Waals surface area contributed by atoms with Crippen LogP contribution in [0.5, 0.6) is 0 Å². The van der Waals surface area contributed by atoms with Crippen molar-refractivity contribution in [1.82, 2.24) is 5.32 Å². The lowest BCUT2D eigenvalue weighted by Crippen LogP contribution is -2.42. The Bertz CT molecular complexity index is 251. The molecular weight excluding hydrogens is 214 g/mol. The van der Waals surface area contributed by atoms with Crippen LogP contribution >= 0.6 is 0 Å². The van der Waals surface area contributed by atoms with E-state index in [2.05, 4.69) is 11.4 Å².